The molecule has 212 valence electrons. The lowest BCUT2D eigenvalue weighted by molar-refractivity contribution is -0.0564. The largest absolute Gasteiger partial charge is 0.460 e. The summed E-state index contributed by atoms with van der Waals surface area (Å²) in [6.07, 6.45) is 7.91. The summed E-state index contributed by atoms with van der Waals surface area (Å²) in [4.78, 5) is 31.3. The number of rotatable bonds is 7. The van der Waals surface area contributed by atoms with E-state index in [1.54, 1.807) is 4.90 Å². The van der Waals surface area contributed by atoms with Gasteiger partial charge < -0.3 is 24.0 Å². The van der Waals surface area contributed by atoms with E-state index in [0.717, 1.165) is 38.5 Å². The molecular weight excluding hydrogens is 510 g/mol. The molecule has 6 rings (SSSR count). The molecule has 3 fully saturated rings. The fourth-order valence-electron chi connectivity index (χ4n) is 5.98. The van der Waals surface area contributed by atoms with Crippen LogP contribution >= 0.6 is 0 Å². The monoisotopic (exact) mass is 546 g/mol. The molecule has 1 saturated heterocycles. The highest BCUT2D eigenvalue weighted by Crippen LogP contribution is 2.37. The highest BCUT2D eigenvalue weighted by molar-refractivity contribution is 5.87. The summed E-state index contributed by atoms with van der Waals surface area (Å²) in [6.45, 7) is 4.42. The van der Waals surface area contributed by atoms with Crippen molar-refractivity contribution < 1.29 is 18.0 Å². The Morgan fingerprint density at radius 1 is 1.13 bits per heavy atom. The summed E-state index contributed by atoms with van der Waals surface area (Å²) in [5.41, 5.74) is 1.04. The lowest BCUT2D eigenvalue weighted by Gasteiger charge is -2.32. The van der Waals surface area contributed by atoms with Crippen LogP contribution < -0.4 is 16.0 Å². The second kappa shape index (κ2) is 10.5. The van der Waals surface area contributed by atoms with Gasteiger partial charge >= 0.3 is 5.76 Å². The Balaban J connectivity index is 1.48. The maximum Gasteiger partial charge on any atom is 0.460 e. The van der Waals surface area contributed by atoms with Crippen molar-refractivity contribution in [2.45, 2.75) is 77.3 Å². The van der Waals surface area contributed by atoms with Gasteiger partial charge in [-0.1, -0.05) is 26.2 Å². The van der Waals surface area contributed by atoms with Gasteiger partial charge in [-0.25, -0.2) is 23.5 Å². The molecule has 0 amide bonds. The molecular formula is C26H36F2N8O3. The van der Waals surface area contributed by atoms with Crippen molar-refractivity contribution in [3.05, 3.63) is 10.6 Å². The Morgan fingerprint density at radius 3 is 2.62 bits per heavy atom. The van der Waals surface area contributed by atoms with Crippen molar-refractivity contribution in [3.63, 3.8) is 0 Å². The summed E-state index contributed by atoms with van der Waals surface area (Å²) < 4.78 is 41.3. The van der Waals surface area contributed by atoms with E-state index in [2.05, 4.69) is 34.3 Å². The number of nitrogens with one attached hydrogen (secondary N) is 2. The number of aromatic amines is 1. The van der Waals surface area contributed by atoms with E-state index in [1.165, 1.54) is 6.42 Å². The number of ether oxygens (including phenoxy) is 1. The van der Waals surface area contributed by atoms with Crippen molar-refractivity contribution in [1.29, 1.82) is 0 Å². The molecule has 4 heterocycles. The maximum absolute atomic E-state index is 14.7. The minimum atomic E-state index is -3.00. The Morgan fingerprint density at radius 2 is 1.92 bits per heavy atom. The minimum absolute atomic E-state index is 0.0910. The van der Waals surface area contributed by atoms with Crippen molar-refractivity contribution in [3.8, 4) is 11.6 Å². The highest BCUT2D eigenvalue weighted by Gasteiger charge is 2.37. The Bertz CT molecular complexity index is 1360. The summed E-state index contributed by atoms with van der Waals surface area (Å²) in [5.74, 6) is -0.943. The van der Waals surface area contributed by atoms with Crippen molar-refractivity contribution in [1.82, 2.24) is 29.7 Å². The molecule has 3 aliphatic rings. The van der Waals surface area contributed by atoms with Gasteiger partial charge in [0.05, 0.1) is 13.2 Å². The number of anilines is 2. The standard InChI is InChI=1S/C26H36F2N8O3/c1-15-6-8-17(9-7-15)12-36-19-20(29-16(2)18-4-3-5-18)30-22(23-33-25(37)39-34-23)31-21(19)32-24(36)35-10-11-38-14-26(27,28)13-35/h15-18H,3-14H2,1-2H3,(H,29,30,31)(H,33,34,37)/t15-,16-,17-/m1/s1. The number of alkyl halides is 2. The van der Waals surface area contributed by atoms with Crippen LogP contribution in [0.15, 0.2) is 9.32 Å². The Kier molecular flexibility index (Phi) is 7.02. The highest BCUT2D eigenvalue weighted by atomic mass is 19.3. The van der Waals surface area contributed by atoms with E-state index in [1.807, 2.05) is 4.57 Å². The predicted octanol–water partition coefficient (Wildman–Crippen LogP) is 4.07. The van der Waals surface area contributed by atoms with Gasteiger partial charge in [0.1, 0.15) is 12.1 Å². The number of aromatic nitrogens is 6. The first-order valence-electron chi connectivity index (χ1n) is 14.1. The Labute approximate surface area is 224 Å². The van der Waals surface area contributed by atoms with Crippen molar-refractivity contribution in [2.24, 2.45) is 17.8 Å². The third-order valence-corrected chi connectivity index (χ3v) is 8.55. The van der Waals surface area contributed by atoms with E-state index < -0.39 is 24.8 Å². The van der Waals surface area contributed by atoms with Crippen LogP contribution in [-0.4, -0.2) is 67.9 Å². The Hall–Kier alpha value is -3.09. The maximum atomic E-state index is 14.7. The number of fused-ring (bicyclic) bond motifs is 1. The zero-order valence-corrected chi connectivity index (χ0v) is 22.5. The fraction of sp³-hybridized carbons (Fsp3) is 0.731. The van der Waals surface area contributed by atoms with E-state index >= 15 is 0 Å². The number of H-pyrrole nitrogens is 1. The van der Waals surface area contributed by atoms with E-state index in [0.29, 0.717) is 53.8 Å². The third-order valence-electron chi connectivity index (χ3n) is 8.55. The summed E-state index contributed by atoms with van der Waals surface area (Å²) >= 11 is 0. The van der Waals surface area contributed by atoms with Crippen LogP contribution in [0.4, 0.5) is 20.5 Å². The lowest BCUT2D eigenvalue weighted by atomic mass is 9.80. The molecule has 1 atom stereocenters. The first kappa shape index (κ1) is 26.1. The second-order valence-electron chi connectivity index (χ2n) is 11.6. The van der Waals surface area contributed by atoms with Gasteiger partial charge in [0, 0.05) is 19.1 Å². The van der Waals surface area contributed by atoms with E-state index in [-0.39, 0.29) is 24.3 Å². The molecule has 39 heavy (non-hydrogen) atoms. The number of imidazole rings is 1. The van der Waals surface area contributed by atoms with E-state index in [9.17, 15) is 13.6 Å². The molecule has 0 radical (unpaired) electrons. The van der Waals surface area contributed by atoms with Crippen LogP contribution in [0.25, 0.3) is 22.8 Å². The normalized spacial score (nSPS) is 24.9. The molecule has 0 spiro atoms. The molecule has 13 heteroatoms. The van der Waals surface area contributed by atoms with Crippen LogP contribution in [0.1, 0.15) is 58.8 Å². The zero-order chi connectivity index (χ0) is 27.1. The predicted molar refractivity (Wildman–Crippen MR) is 141 cm³/mol. The van der Waals surface area contributed by atoms with Crippen LogP contribution in [0.2, 0.25) is 0 Å². The number of hydrogen-bond acceptors (Lipinski definition) is 9. The average molecular weight is 547 g/mol. The molecule has 0 unspecified atom stereocenters. The molecule has 0 bridgehead atoms. The van der Waals surface area contributed by atoms with Gasteiger partial charge in [-0.2, -0.15) is 10.1 Å². The molecule has 2 N–H and O–H groups in total. The molecule has 11 nitrogen and oxygen atoms in total. The average Bonchev–Trinajstić information content (AvgIpc) is 3.39. The van der Waals surface area contributed by atoms with Crippen molar-refractivity contribution >= 4 is 22.9 Å². The second-order valence-corrected chi connectivity index (χ2v) is 11.6. The first-order valence-corrected chi connectivity index (χ1v) is 14.1. The number of hydrogen-bond donors (Lipinski definition) is 2. The minimum Gasteiger partial charge on any atom is -0.373 e. The summed E-state index contributed by atoms with van der Waals surface area (Å²) in [5, 5.41) is 6.05. The van der Waals surface area contributed by atoms with Crippen molar-refractivity contribution in [2.75, 3.05) is 36.5 Å². The van der Waals surface area contributed by atoms with Gasteiger partial charge in [-0.15, -0.1) is 4.98 Å². The fourth-order valence-corrected chi connectivity index (χ4v) is 5.98. The van der Waals surface area contributed by atoms with E-state index in [4.69, 9.17) is 19.2 Å². The number of halogens is 2. The van der Waals surface area contributed by atoms with Crippen LogP contribution in [0, 0.1) is 17.8 Å². The molecule has 2 aliphatic carbocycles. The smallest absolute Gasteiger partial charge is 0.373 e. The van der Waals surface area contributed by atoms with Gasteiger partial charge in [-0.3, -0.25) is 0 Å². The summed E-state index contributed by atoms with van der Waals surface area (Å²) in [6, 6.07) is 0.138. The number of nitrogens with zero attached hydrogens (tertiary/aromatic N) is 6. The van der Waals surface area contributed by atoms with Gasteiger partial charge in [0.15, 0.2) is 11.5 Å². The quantitative estimate of drug-likeness (QED) is 0.451. The third kappa shape index (κ3) is 5.50. The molecule has 0 aromatic carbocycles. The molecule has 3 aromatic rings. The molecule has 1 aliphatic heterocycles. The van der Waals surface area contributed by atoms with Crippen LogP contribution in [-0.2, 0) is 11.3 Å². The van der Waals surface area contributed by atoms with Gasteiger partial charge in [0.2, 0.25) is 17.6 Å². The lowest BCUT2D eigenvalue weighted by Crippen LogP contribution is -2.39. The van der Waals surface area contributed by atoms with Gasteiger partial charge in [-0.05, 0) is 50.4 Å². The van der Waals surface area contributed by atoms with Crippen LogP contribution in [0.3, 0.4) is 0 Å². The van der Waals surface area contributed by atoms with Gasteiger partial charge in [0.25, 0.3) is 5.92 Å². The SMILES string of the molecule is C[C@@H](Nc1nc(-c2nc(=O)o[nH]2)nc2nc(N3CCOCC(F)(F)C3)n(C[C@H]3CC[C@H](C)CC3)c12)C1CCC1. The molecule has 3 aromatic heterocycles. The molecule has 2 saturated carbocycles. The topological polar surface area (TPSA) is 127 Å². The first-order chi connectivity index (χ1) is 18.8. The van der Waals surface area contributed by atoms with Crippen LogP contribution in [0.5, 0.6) is 0 Å². The zero-order valence-electron chi connectivity index (χ0n) is 22.5. The summed E-state index contributed by atoms with van der Waals surface area (Å²) in [7, 11) is 0.